The van der Waals surface area contributed by atoms with Gasteiger partial charge in [-0.1, -0.05) is 18.5 Å². The molecule has 0 fully saturated rings. The zero-order valence-electron chi connectivity index (χ0n) is 7.71. The van der Waals surface area contributed by atoms with Crippen molar-refractivity contribution in [3.05, 3.63) is 34.5 Å². The number of benzene rings is 1. The summed E-state index contributed by atoms with van der Waals surface area (Å²) in [6, 6.07) is 5.29. The van der Waals surface area contributed by atoms with E-state index in [1.807, 2.05) is 6.92 Å². The number of aldehydes is 1. The third-order valence-electron chi connectivity index (χ3n) is 2.20. The minimum atomic E-state index is 0.615. The van der Waals surface area contributed by atoms with Crippen LogP contribution in [-0.2, 0) is 6.42 Å². The molecule has 0 atom stereocenters. The van der Waals surface area contributed by atoms with E-state index in [2.05, 4.69) is 0 Å². The quantitative estimate of drug-likeness (QED) is 0.708. The summed E-state index contributed by atoms with van der Waals surface area (Å²) in [5.41, 5.74) is 1.33. The van der Waals surface area contributed by atoms with Crippen molar-refractivity contribution in [3.8, 4) is 0 Å². The van der Waals surface area contributed by atoms with E-state index in [0.717, 1.165) is 17.4 Å². The number of rotatable bonds is 2. The molecule has 0 saturated heterocycles. The van der Waals surface area contributed by atoms with Crippen molar-refractivity contribution < 1.29 is 9.21 Å². The van der Waals surface area contributed by atoms with Crippen molar-refractivity contribution >= 4 is 28.9 Å². The van der Waals surface area contributed by atoms with Crippen LogP contribution in [0.5, 0.6) is 0 Å². The van der Waals surface area contributed by atoms with Crippen LogP contribution in [0.25, 0.3) is 11.0 Å². The van der Waals surface area contributed by atoms with E-state index in [0.29, 0.717) is 22.6 Å². The zero-order valence-corrected chi connectivity index (χ0v) is 8.47. The number of hydrogen-bond donors (Lipinski definition) is 0. The summed E-state index contributed by atoms with van der Waals surface area (Å²) in [5, 5.41) is 1.41. The van der Waals surface area contributed by atoms with Gasteiger partial charge >= 0.3 is 0 Å². The lowest BCUT2D eigenvalue weighted by Crippen LogP contribution is -1.83. The number of carbonyl (C=O) groups is 1. The van der Waals surface area contributed by atoms with Gasteiger partial charge in [0.05, 0.1) is 5.56 Å². The Morgan fingerprint density at radius 2 is 2.29 bits per heavy atom. The van der Waals surface area contributed by atoms with Gasteiger partial charge in [-0.05, 0) is 18.2 Å². The number of aryl methyl sites for hydroxylation is 1. The van der Waals surface area contributed by atoms with Gasteiger partial charge in [0.1, 0.15) is 11.3 Å². The lowest BCUT2D eigenvalue weighted by atomic mass is 10.1. The van der Waals surface area contributed by atoms with Gasteiger partial charge in [-0.15, -0.1) is 0 Å². The van der Waals surface area contributed by atoms with Crippen molar-refractivity contribution in [1.29, 1.82) is 0 Å². The predicted octanol–water partition coefficient (Wildman–Crippen LogP) is 3.46. The molecule has 1 aromatic heterocycles. The lowest BCUT2D eigenvalue weighted by molar-refractivity contribution is 0.112. The highest BCUT2D eigenvalue weighted by Gasteiger charge is 2.11. The summed E-state index contributed by atoms with van der Waals surface area (Å²) in [6.07, 6.45) is 1.53. The molecule has 0 radical (unpaired) electrons. The maximum absolute atomic E-state index is 10.9. The average molecular weight is 209 g/mol. The molecule has 14 heavy (non-hydrogen) atoms. The van der Waals surface area contributed by atoms with Crippen LogP contribution in [-0.4, -0.2) is 6.29 Å². The van der Waals surface area contributed by atoms with Crippen LogP contribution < -0.4 is 0 Å². The normalized spacial score (nSPS) is 10.7. The minimum absolute atomic E-state index is 0.615. The Morgan fingerprint density at radius 3 is 2.93 bits per heavy atom. The van der Waals surface area contributed by atoms with E-state index in [4.69, 9.17) is 16.0 Å². The van der Waals surface area contributed by atoms with E-state index in [1.165, 1.54) is 0 Å². The zero-order chi connectivity index (χ0) is 10.1. The van der Waals surface area contributed by atoms with Crippen LogP contribution in [0.2, 0.25) is 5.02 Å². The number of hydrogen-bond acceptors (Lipinski definition) is 2. The number of fused-ring (bicyclic) bond motifs is 1. The highest BCUT2D eigenvalue weighted by Crippen LogP contribution is 2.27. The predicted molar refractivity (Wildman–Crippen MR) is 56.0 cm³/mol. The first kappa shape index (κ1) is 9.28. The molecule has 0 N–H and O–H groups in total. The fourth-order valence-electron chi connectivity index (χ4n) is 1.53. The van der Waals surface area contributed by atoms with Gasteiger partial charge in [-0.2, -0.15) is 0 Å². The van der Waals surface area contributed by atoms with Crippen LogP contribution in [0.3, 0.4) is 0 Å². The Kier molecular flexibility index (Phi) is 2.30. The second-order valence-electron chi connectivity index (χ2n) is 3.05. The first-order chi connectivity index (χ1) is 6.76. The number of carbonyl (C=O) groups excluding carboxylic acids is 1. The standard InChI is InChI=1S/C11H9ClO2/c1-2-10-9(6-13)8-5-7(12)3-4-11(8)14-10/h3-6H,2H2,1H3. The van der Waals surface area contributed by atoms with Gasteiger partial charge in [0.25, 0.3) is 0 Å². The van der Waals surface area contributed by atoms with Crippen molar-refractivity contribution in [3.63, 3.8) is 0 Å². The molecule has 0 saturated carbocycles. The van der Waals surface area contributed by atoms with Crippen LogP contribution in [0.4, 0.5) is 0 Å². The van der Waals surface area contributed by atoms with Crippen LogP contribution in [0.15, 0.2) is 22.6 Å². The first-order valence-electron chi connectivity index (χ1n) is 4.42. The monoisotopic (exact) mass is 208 g/mol. The van der Waals surface area contributed by atoms with E-state index in [1.54, 1.807) is 18.2 Å². The Bertz CT molecular complexity index is 485. The van der Waals surface area contributed by atoms with Crippen molar-refractivity contribution in [2.24, 2.45) is 0 Å². The maximum atomic E-state index is 10.9. The topological polar surface area (TPSA) is 30.2 Å². The van der Waals surface area contributed by atoms with Gasteiger partial charge in [-0.3, -0.25) is 4.79 Å². The largest absolute Gasteiger partial charge is 0.460 e. The minimum Gasteiger partial charge on any atom is -0.460 e. The molecule has 72 valence electrons. The SMILES string of the molecule is CCc1oc2ccc(Cl)cc2c1C=O. The summed E-state index contributed by atoms with van der Waals surface area (Å²) >= 11 is 5.84. The molecular weight excluding hydrogens is 200 g/mol. The summed E-state index contributed by atoms with van der Waals surface area (Å²) in [4.78, 5) is 10.9. The summed E-state index contributed by atoms with van der Waals surface area (Å²) in [6.45, 7) is 1.95. The summed E-state index contributed by atoms with van der Waals surface area (Å²) in [7, 11) is 0. The van der Waals surface area contributed by atoms with Gasteiger partial charge in [0, 0.05) is 16.8 Å². The van der Waals surface area contributed by atoms with Crippen molar-refractivity contribution in [2.45, 2.75) is 13.3 Å². The highest BCUT2D eigenvalue weighted by atomic mass is 35.5. The van der Waals surface area contributed by atoms with Gasteiger partial charge in [0.15, 0.2) is 6.29 Å². The van der Waals surface area contributed by atoms with E-state index in [9.17, 15) is 4.79 Å². The van der Waals surface area contributed by atoms with E-state index >= 15 is 0 Å². The van der Waals surface area contributed by atoms with Crippen molar-refractivity contribution in [2.75, 3.05) is 0 Å². The molecule has 2 nitrogen and oxygen atoms in total. The molecule has 0 unspecified atom stereocenters. The van der Waals surface area contributed by atoms with E-state index in [-0.39, 0.29) is 0 Å². The molecule has 3 heteroatoms. The van der Waals surface area contributed by atoms with Crippen LogP contribution in [0, 0.1) is 0 Å². The molecule has 2 rings (SSSR count). The van der Waals surface area contributed by atoms with Crippen LogP contribution >= 0.6 is 11.6 Å². The molecule has 0 aliphatic carbocycles. The van der Waals surface area contributed by atoms with Gasteiger partial charge in [0.2, 0.25) is 0 Å². The van der Waals surface area contributed by atoms with Crippen molar-refractivity contribution in [1.82, 2.24) is 0 Å². The fraction of sp³-hybridized carbons (Fsp3) is 0.182. The average Bonchev–Trinajstić information content (AvgIpc) is 2.54. The smallest absolute Gasteiger partial charge is 0.154 e. The molecular formula is C11H9ClO2. The molecule has 0 amide bonds. The second-order valence-corrected chi connectivity index (χ2v) is 3.49. The Balaban J connectivity index is 2.81. The molecule has 0 aliphatic rings. The van der Waals surface area contributed by atoms with Gasteiger partial charge < -0.3 is 4.42 Å². The third-order valence-corrected chi connectivity index (χ3v) is 2.44. The molecule has 1 aromatic carbocycles. The van der Waals surface area contributed by atoms with Gasteiger partial charge in [-0.25, -0.2) is 0 Å². The molecule has 1 heterocycles. The Hall–Kier alpha value is -1.28. The summed E-state index contributed by atoms with van der Waals surface area (Å²) in [5.74, 6) is 0.720. The molecule has 2 aromatic rings. The second kappa shape index (κ2) is 3.46. The fourth-order valence-corrected chi connectivity index (χ4v) is 1.70. The molecule has 0 bridgehead atoms. The lowest BCUT2D eigenvalue weighted by Gasteiger charge is -1.89. The highest BCUT2D eigenvalue weighted by molar-refractivity contribution is 6.31. The number of halogens is 1. The molecule has 0 spiro atoms. The maximum Gasteiger partial charge on any atom is 0.154 e. The van der Waals surface area contributed by atoms with E-state index < -0.39 is 0 Å². The Morgan fingerprint density at radius 1 is 1.50 bits per heavy atom. The first-order valence-corrected chi connectivity index (χ1v) is 4.80. The molecule has 0 aliphatic heterocycles. The summed E-state index contributed by atoms with van der Waals surface area (Å²) < 4.78 is 5.50. The Labute approximate surface area is 86.5 Å². The van der Waals surface area contributed by atoms with Crippen LogP contribution in [0.1, 0.15) is 23.0 Å². The number of furan rings is 1. The third kappa shape index (κ3) is 1.32.